The van der Waals surface area contributed by atoms with Gasteiger partial charge in [0.15, 0.2) is 0 Å². The molecule has 1 fully saturated rings. The van der Waals surface area contributed by atoms with Crippen molar-refractivity contribution in [2.45, 2.75) is 19.9 Å². The topological polar surface area (TPSA) is 114 Å². The van der Waals surface area contributed by atoms with E-state index in [-0.39, 0.29) is 28.6 Å². The SMILES string of the molecule is COc1ccc(C2/C(=C(\O)c3ccc(OC)cc3OC)C(=O)C(=O)N2c2nc3cc(C)c(C)cc3[nH]2)cc1. The van der Waals surface area contributed by atoms with Gasteiger partial charge in [0.1, 0.15) is 23.0 Å². The number of carbonyl (C=O) groups is 2. The molecule has 9 nitrogen and oxygen atoms in total. The van der Waals surface area contributed by atoms with Gasteiger partial charge in [-0.2, -0.15) is 0 Å². The van der Waals surface area contributed by atoms with Crippen LogP contribution in [-0.4, -0.2) is 48.1 Å². The molecule has 2 heterocycles. The van der Waals surface area contributed by atoms with Gasteiger partial charge in [0.05, 0.1) is 49.5 Å². The summed E-state index contributed by atoms with van der Waals surface area (Å²) >= 11 is 0. The molecule has 1 aliphatic rings. The van der Waals surface area contributed by atoms with E-state index in [1.54, 1.807) is 49.6 Å². The number of aliphatic hydroxyl groups is 1. The lowest BCUT2D eigenvalue weighted by Crippen LogP contribution is -2.30. The molecule has 1 aromatic heterocycles. The number of nitrogens with one attached hydrogen (secondary N) is 1. The lowest BCUT2D eigenvalue weighted by Gasteiger charge is -2.23. The first kappa shape index (κ1) is 24.9. The van der Waals surface area contributed by atoms with Crippen molar-refractivity contribution in [2.24, 2.45) is 0 Å². The second-order valence-electron chi connectivity index (χ2n) is 9.02. The van der Waals surface area contributed by atoms with Gasteiger partial charge in [0.2, 0.25) is 5.95 Å². The van der Waals surface area contributed by atoms with Crippen molar-refractivity contribution in [3.63, 3.8) is 0 Å². The molecular formula is C29H27N3O6. The normalized spacial score (nSPS) is 16.8. The lowest BCUT2D eigenvalue weighted by molar-refractivity contribution is -0.132. The number of aromatic amines is 1. The molecule has 1 saturated heterocycles. The minimum absolute atomic E-state index is 0.0866. The first-order valence-corrected chi connectivity index (χ1v) is 11.9. The molecule has 1 atom stereocenters. The highest BCUT2D eigenvalue weighted by Crippen LogP contribution is 2.43. The molecule has 0 bridgehead atoms. The highest BCUT2D eigenvalue weighted by Gasteiger charge is 2.48. The summed E-state index contributed by atoms with van der Waals surface area (Å²) in [4.78, 5) is 36.2. The number of rotatable bonds is 6. The van der Waals surface area contributed by atoms with E-state index in [1.165, 1.54) is 19.1 Å². The second kappa shape index (κ2) is 9.59. The van der Waals surface area contributed by atoms with Crippen LogP contribution in [0.4, 0.5) is 5.95 Å². The van der Waals surface area contributed by atoms with Crippen LogP contribution in [0.5, 0.6) is 17.2 Å². The molecule has 2 N–H and O–H groups in total. The van der Waals surface area contributed by atoms with Crippen molar-refractivity contribution < 1.29 is 28.9 Å². The number of carbonyl (C=O) groups excluding carboxylic acids is 2. The Labute approximate surface area is 219 Å². The Hall–Kier alpha value is -4.79. The van der Waals surface area contributed by atoms with Gasteiger partial charge in [-0.05, 0) is 66.9 Å². The molecule has 3 aromatic carbocycles. The summed E-state index contributed by atoms with van der Waals surface area (Å²) < 4.78 is 16.0. The van der Waals surface area contributed by atoms with Crippen LogP contribution >= 0.6 is 0 Å². The van der Waals surface area contributed by atoms with Gasteiger partial charge in [0.25, 0.3) is 5.78 Å². The van der Waals surface area contributed by atoms with Gasteiger partial charge in [-0.1, -0.05) is 12.1 Å². The Kier molecular flexibility index (Phi) is 6.28. The van der Waals surface area contributed by atoms with E-state index in [0.29, 0.717) is 22.6 Å². The number of Topliss-reactive ketones (excluding diaryl/α,β-unsaturated/α-hetero) is 1. The number of nitrogens with zero attached hydrogens (tertiary/aromatic N) is 2. The monoisotopic (exact) mass is 513 g/mol. The number of ether oxygens (including phenoxy) is 3. The van der Waals surface area contributed by atoms with E-state index in [2.05, 4.69) is 9.97 Å². The summed E-state index contributed by atoms with van der Waals surface area (Å²) in [5.74, 6) is -0.407. The minimum Gasteiger partial charge on any atom is -0.507 e. The van der Waals surface area contributed by atoms with E-state index in [1.807, 2.05) is 26.0 Å². The molecule has 1 amide bonds. The first-order chi connectivity index (χ1) is 18.3. The highest BCUT2D eigenvalue weighted by molar-refractivity contribution is 6.51. The van der Waals surface area contributed by atoms with Crippen molar-refractivity contribution in [1.29, 1.82) is 0 Å². The molecule has 9 heteroatoms. The maximum absolute atomic E-state index is 13.5. The van der Waals surface area contributed by atoms with E-state index >= 15 is 0 Å². The van der Waals surface area contributed by atoms with Crippen LogP contribution in [0.1, 0.15) is 28.3 Å². The van der Waals surface area contributed by atoms with Crippen LogP contribution < -0.4 is 19.1 Å². The third-order valence-corrected chi connectivity index (χ3v) is 6.85. The van der Waals surface area contributed by atoms with Crippen molar-refractivity contribution in [3.8, 4) is 17.2 Å². The molecule has 5 rings (SSSR count). The van der Waals surface area contributed by atoms with E-state index in [4.69, 9.17) is 14.2 Å². The average Bonchev–Trinajstić information content (AvgIpc) is 3.45. The number of imidazole rings is 1. The van der Waals surface area contributed by atoms with Crippen LogP contribution in [0.2, 0.25) is 0 Å². The Balaban J connectivity index is 1.74. The minimum atomic E-state index is -0.963. The van der Waals surface area contributed by atoms with Crippen LogP contribution in [0.25, 0.3) is 16.8 Å². The molecule has 0 spiro atoms. The number of fused-ring (bicyclic) bond motifs is 1. The summed E-state index contributed by atoms with van der Waals surface area (Å²) in [5.41, 5.74) is 4.26. The predicted octanol–water partition coefficient (Wildman–Crippen LogP) is 4.83. The van der Waals surface area contributed by atoms with Gasteiger partial charge in [-0.25, -0.2) is 4.98 Å². The average molecular weight is 514 g/mol. The number of aromatic nitrogens is 2. The molecule has 194 valence electrons. The molecule has 1 unspecified atom stereocenters. The van der Waals surface area contributed by atoms with Crippen LogP contribution in [0, 0.1) is 13.8 Å². The van der Waals surface area contributed by atoms with Crippen molar-refractivity contribution in [2.75, 3.05) is 26.2 Å². The van der Waals surface area contributed by atoms with Crippen LogP contribution in [-0.2, 0) is 9.59 Å². The Morgan fingerprint density at radius 3 is 2.21 bits per heavy atom. The smallest absolute Gasteiger partial charge is 0.302 e. The summed E-state index contributed by atoms with van der Waals surface area (Å²) in [6.45, 7) is 3.97. The molecule has 4 aromatic rings. The fourth-order valence-electron chi connectivity index (χ4n) is 4.66. The van der Waals surface area contributed by atoms with Gasteiger partial charge >= 0.3 is 5.91 Å². The van der Waals surface area contributed by atoms with Crippen LogP contribution in [0.15, 0.2) is 60.2 Å². The van der Waals surface area contributed by atoms with Crippen LogP contribution in [0.3, 0.4) is 0 Å². The van der Waals surface area contributed by atoms with Crippen molar-refractivity contribution in [3.05, 3.63) is 82.4 Å². The number of anilines is 1. The number of aliphatic hydroxyl groups excluding tert-OH is 1. The van der Waals surface area contributed by atoms with E-state index in [0.717, 1.165) is 16.6 Å². The summed E-state index contributed by atoms with van der Waals surface area (Å²) in [7, 11) is 4.51. The van der Waals surface area contributed by atoms with Gasteiger partial charge in [0, 0.05) is 6.07 Å². The largest absolute Gasteiger partial charge is 0.507 e. The van der Waals surface area contributed by atoms with Crippen molar-refractivity contribution >= 4 is 34.4 Å². The third-order valence-electron chi connectivity index (χ3n) is 6.85. The van der Waals surface area contributed by atoms with E-state index in [9.17, 15) is 14.7 Å². The zero-order valence-corrected chi connectivity index (χ0v) is 21.7. The zero-order chi connectivity index (χ0) is 27.1. The van der Waals surface area contributed by atoms with Crippen molar-refractivity contribution in [1.82, 2.24) is 9.97 Å². The third kappa shape index (κ3) is 4.02. The van der Waals surface area contributed by atoms with Gasteiger partial charge in [-0.15, -0.1) is 0 Å². The molecule has 0 radical (unpaired) electrons. The number of hydrogen-bond donors (Lipinski definition) is 2. The first-order valence-electron chi connectivity index (χ1n) is 11.9. The summed E-state index contributed by atoms with van der Waals surface area (Å²) in [6, 6.07) is 14.7. The van der Waals surface area contributed by atoms with E-state index < -0.39 is 17.7 Å². The zero-order valence-electron chi connectivity index (χ0n) is 21.7. The molecule has 0 saturated carbocycles. The summed E-state index contributed by atoms with van der Waals surface area (Å²) in [6.07, 6.45) is 0. The highest BCUT2D eigenvalue weighted by atomic mass is 16.5. The quantitative estimate of drug-likeness (QED) is 0.216. The maximum Gasteiger partial charge on any atom is 0.302 e. The standard InChI is InChI=1S/C29H27N3O6/c1-15-12-21-22(13-16(15)2)31-29(30-21)32-25(17-6-8-18(36-3)9-7-17)24(27(34)28(32)35)26(33)20-11-10-19(37-4)14-23(20)38-5/h6-14,25,33H,1-5H3,(H,30,31)/b26-24+. The predicted molar refractivity (Wildman–Crippen MR) is 143 cm³/mol. The number of benzene rings is 3. The fourth-order valence-corrected chi connectivity index (χ4v) is 4.66. The van der Waals surface area contributed by atoms with Gasteiger partial charge in [-0.3, -0.25) is 14.5 Å². The maximum atomic E-state index is 13.5. The number of hydrogen-bond acceptors (Lipinski definition) is 7. The Morgan fingerprint density at radius 2 is 1.55 bits per heavy atom. The number of aryl methyl sites for hydroxylation is 2. The fraction of sp³-hybridized carbons (Fsp3) is 0.207. The molecule has 38 heavy (non-hydrogen) atoms. The Bertz CT molecular complexity index is 1560. The number of ketones is 1. The number of amides is 1. The van der Waals surface area contributed by atoms with Gasteiger partial charge < -0.3 is 24.3 Å². The summed E-state index contributed by atoms with van der Waals surface area (Å²) in [5, 5.41) is 11.5. The molecular weight excluding hydrogens is 486 g/mol. The Morgan fingerprint density at radius 1 is 0.895 bits per heavy atom. The number of H-pyrrole nitrogens is 1. The molecule has 1 aliphatic heterocycles. The molecule has 0 aliphatic carbocycles. The second-order valence-corrected chi connectivity index (χ2v) is 9.02. The lowest BCUT2D eigenvalue weighted by atomic mass is 9.95. The number of methoxy groups -OCH3 is 3.